The zero-order valence-corrected chi connectivity index (χ0v) is 16.8. The highest BCUT2D eigenvalue weighted by atomic mass is 32.1. The van der Waals surface area contributed by atoms with E-state index in [-0.39, 0.29) is 25.2 Å². The fourth-order valence-corrected chi connectivity index (χ4v) is 2.98. The molecule has 2 aromatic carbocycles. The first-order valence-electron chi connectivity index (χ1n) is 8.33. The number of primary amides is 1. The maximum absolute atomic E-state index is 14.1. The molecule has 0 aliphatic carbocycles. The molecule has 158 valence electrons. The number of hydrogen-bond donors (Lipinski definition) is 2. The molecule has 1 amide bonds. The predicted octanol–water partition coefficient (Wildman–Crippen LogP) is 4.45. The molecule has 7 nitrogen and oxygen atoms in total. The summed E-state index contributed by atoms with van der Waals surface area (Å²) in [5, 5.41) is 3.49. The third-order valence-corrected chi connectivity index (χ3v) is 4.10. The lowest BCUT2D eigenvalue weighted by molar-refractivity contribution is -0.191. The van der Waals surface area contributed by atoms with Crippen LogP contribution < -0.4 is 16.0 Å². The monoisotopic (exact) mass is 430 g/mol. The van der Waals surface area contributed by atoms with Gasteiger partial charge in [-0.05, 0) is 68.9 Å². The van der Waals surface area contributed by atoms with Crippen LogP contribution in [0.2, 0.25) is 0 Å². The van der Waals surface area contributed by atoms with Gasteiger partial charge in [-0.3, -0.25) is 4.79 Å². The number of thiocarbonyl (C=S) groups is 1. The van der Waals surface area contributed by atoms with Crippen LogP contribution in [0, 0.1) is 19.3 Å². The summed E-state index contributed by atoms with van der Waals surface area (Å²) in [6.45, 7) is 12.8. The van der Waals surface area contributed by atoms with Crippen LogP contribution in [0.4, 0.5) is 21.5 Å². The van der Waals surface area contributed by atoms with E-state index in [1.807, 2.05) is 26.8 Å². The van der Waals surface area contributed by atoms with Crippen molar-refractivity contribution < 1.29 is 18.8 Å². The summed E-state index contributed by atoms with van der Waals surface area (Å²) in [5.74, 6) is -1.51. The van der Waals surface area contributed by atoms with Crippen molar-refractivity contribution in [2.24, 2.45) is 5.73 Å². The molecule has 0 aliphatic heterocycles. The first-order valence-corrected chi connectivity index (χ1v) is 8.74. The number of benzene rings is 2. The summed E-state index contributed by atoms with van der Waals surface area (Å²) in [6, 6.07) is 9.44. The summed E-state index contributed by atoms with van der Waals surface area (Å²) in [4.78, 5) is 32.6. The first kappa shape index (κ1) is 26.4. The lowest BCUT2D eigenvalue weighted by Gasteiger charge is -2.30. The third kappa shape index (κ3) is 6.78. The second-order valence-electron chi connectivity index (χ2n) is 6.12. The molecular weight excluding hydrogens is 407 g/mol. The molecule has 0 aliphatic rings. The molecule has 0 saturated carbocycles. The average Bonchev–Trinajstić information content (AvgIpc) is 2.62. The van der Waals surface area contributed by atoms with Gasteiger partial charge in [-0.25, -0.2) is 9.24 Å². The highest BCUT2D eigenvalue weighted by Gasteiger charge is 2.19. The fourth-order valence-electron chi connectivity index (χ4n) is 2.55. The van der Waals surface area contributed by atoms with Gasteiger partial charge in [0.1, 0.15) is 5.82 Å². The molecule has 0 atom stereocenters. The SMILES string of the molecule is C.O=C=O.[C-]#[N+]c1ccc(NC(=S)N(c2ccc(C(N)=O)c(F)c2)C(C)C)cc1C. The van der Waals surface area contributed by atoms with E-state index >= 15 is 0 Å². The molecular formula is C21H23FN4O3S. The first-order chi connectivity index (χ1) is 13.7. The molecule has 2 aromatic rings. The van der Waals surface area contributed by atoms with Gasteiger partial charge in [-0.15, -0.1) is 0 Å². The van der Waals surface area contributed by atoms with Gasteiger partial charge < -0.3 is 16.0 Å². The molecule has 0 heterocycles. The Morgan fingerprint density at radius 2 is 1.87 bits per heavy atom. The standard InChI is InChI=1S/C19H19FN4OS.CO2.CH4/c1-11(2)24(14-6-7-15(18(21)25)16(20)10-14)19(26)23-13-5-8-17(22-4)12(3)9-13;2-1-3;/h5-11H,1-3H3,(H2,21,25)(H,23,26);;1H4. The Bertz CT molecular complexity index is 996. The zero-order valence-electron chi connectivity index (χ0n) is 16.0. The van der Waals surface area contributed by atoms with Crippen LogP contribution >= 0.6 is 12.2 Å². The Hall–Kier alpha value is -3.60. The van der Waals surface area contributed by atoms with Crippen molar-refractivity contribution in [2.45, 2.75) is 34.2 Å². The van der Waals surface area contributed by atoms with Gasteiger partial charge in [-0.2, -0.15) is 9.59 Å². The average molecular weight is 431 g/mol. The van der Waals surface area contributed by atoms with Crippen LogP contribution in [0.1, 0.15) is 37.2 Å². The number of halogens is 1. The van der Waals surface area contributed by atoms with Crippen molar-refractivity contribution in [2.75, 3.05) is 10.2 Å². The van der Waals surface area contributed by atoms with E-state index in [4.69, 9.17) is 34.1 Å². The van der Waals surface area contributed by atoms with Crippen LogP contribution in [0.25, 0.3) is 4.85 Å². The number of rotatable bonds is 4. The van der Waals surface area contributed by atoms with Crippen molar-refractivity contribution in [3.63, 3.8) is 0 Å². The minimum atomic E-state index is -0.818. The van der Waals surface area contributed by atoms with Gasteiger partial charge in [0.25, 0.3) is 5.91 Å². The number of anilines is 2. The Labute approximate surface area is 180 Å². The summed E-state index contributed by atoms with van der Waals surface area (Å²) >= 11 is 5.49. The Kier molecular flexibility index (Phi) is 10.6. The predicted molar refractivity (Wildman–Crippen MR) is 118 cm³/mol. The maximum Gasteiger partial charge on any atom is 0.373 e. The number of carbonyl (C=O) groups is 1. The van der Waals surface area contributed by atoms with Crippen molar-refractivity contribution in [1.82, 2.24) is 0 Å². The van der Waals surface area contributed by atoms with Gasteiger partial charge in [0.05, 0.1) is 12.1 Å². The zero-order chi connectivity index (χ0) is 22.1. The lowest BCUT2D eigenvalue weighted by atomic mass is 10.1. The number of hydrogen-bond acceptors (Lipinski definition) is 4. The van der Waals surface area contributed by atoms with Crippen LogP contribution in [0.15, 0.2) is 36.4 Å². The maximum atomic E-state index is 14.1. The van der Waals surface area contributed by atoms with Gasteiger partial charge in [0, 0.05) is 17.4 Å². The molecule has 0 unspecified atom stereocenters. The minimum Gasteiger partial charge on any atom is -0.366 e. The molecule has 30 heavy (non-hydrogen) atoms. The summed E-state index contributed by atoms with van der Waals surface area (Å²) in [6.07, 6.45) is 0.250. The summed E-state index contributed by atoms with van der Waals surface area (Å²) in [7, 11) is 0. The van der Waals surface area contributed by atoms with Gasteiger partial charge >= 0.3 is 6.15 Å². The molecule has 0 saturated heterocycles. The van der Waals surface area contributed by atoms with Crippen LogP contribution in [-0.2, 0) is 9.59 Å². The Morgan fingerprint density at radius 3 is 2.30 bits per heavy atom. The minimum absolute atomic E-state index is 0. The number of amides is 1. The lowest BCUT2D eigenvalue weighted by Crippen LogP contribution is -2.40. The van der Waals surface area contributed by atoms with E-state index in [1.54, 1.807) is 23.1 Å². The van der Waals surface area contributed by atoms with Crippen molar-refractivity contribution >= 4 is 46.5 Å². The topological polar surface area (TPSA) is 96.9 Å². The van der Waals surface area contributed by atoms with Gasteiger partial charge in [0.2, 0.25) is 0 Å². The van der Waals surface area contributed by atoms with Gasteiger partial charge in [-0.1, -0.05) is 13.5 Å². The Balaban J connectivity index is 0.00000198. The third-order valence-electron chi connectivity index (χ3n) is 3.80. The second kappa shape index (κ2) is 12.1. The van der Waals surface area contributed by atoms with E-state index in [0.29, 0.717) is 16.5 Å². The Morgan fingerprint density at radius 1 is 1.27 bits per heavy atom. The van der Waals surface area contributed by atoms with E-state index in [2.05, 4.69) is 10.2 Å². The van der Waals surface area contributed by atoms with E-state index in [9.17, 15) is 9.18 Å². The fraction of sp³-hybridized carbons (Fsp3) is 0.238. The van der Waals surface area contributed by atoms with Crippen molar-refractivity contribution in [3.05, 3.63) is 64.8 Å². The number of nitrogens with two attached hydrogens (primary N) is 1. The highest BCUT2D eigenvalue weighted by molar-refractivity contribution is 7.80. The highest BCUT2D eigenvalue weighted by Crippen LogP contribution is 2.25. The van der Waals surface area contributed by atoms with Crippen molar-refractivity contribution in [3.8, 4) is 0 Å². The normalized spacial score (nSPS) is 9.20. The van der Waals surface area contributed by atoms with Crippen molar-refractivity contribution in [1.29, 1.82) is 0 Å². The van der Waals surface area contributed by atoms with Crippen LogP contribution in [0.3, 0.4) is 0 Å². The van der Waals surface area contributed by atoms with Crippen LogP contribution in [0.5, 0.6) is 0 Å². The number of carbonyl (C=O) groups excluding carboxylic acids is 3. The molecule has 2 rings (SSSR count). The molecule has 3 N–H and O–H groups in total. The molecule has 0 fully saturated rings. The number of aryl methyl sites for hydroxylation is 1. The largest absolute Gasteiger partial charge is 0.373 e. The molecule has 0 radical (unpaired) electrons. The van der Waals surface area contributed by atoms with E-state index in [1.165, 1.54) is 12.1 Å². The van der Waals surface area contributed by atoms with E-state index in [0.717, 1.165) is 11.3 Å². The molecule has 0 bridgehead atoms. The quantitative estimate of drug-likeness (QED) is 0.550. The molecule has 0 spiro atoms. The number of nitrogens with zero attached hydrogens (tertiary/aromatic N) is 2. The smallest absolute Gasteiger partial charge is 0.366 e. The summed E-state index contributed by atoms with van der Waals surface area (Å²) < 4.78 is 14.1. The van der Waals surface area contributed by atoms with E-state index < -0.39 is 11.7 Å². The number of nitrogens with one attached hydrogen (secondary N) is 1. The summed E-state index contributed by atoms with van der Waals surface area (Å²) in [5.41, 5.74) is 7.64. The van der Waals surface area contributed by atoms with Gasteiger partial charge in [0.15, 0.2) is 10.8 Å². The molecule has 0 aromatic heterocycles. The molecule has 9 heteroatoms. The second-order valence-corrected chi connectivity index (χ2v) is 6.51. The van der Waals surface area contributed by atoms with Crippen LogP contribution in [-0.4, -0.2) is 23.2 Å².